The van der Waals surface area contributed by atoms with Gasteiger partial charge in [0.2, 0.25) is 0 Å². The number of hydrogen-bond donors (Lipinski definition) is 0. The second-order valence-corrected chi connectivity index (χ2v) is 10.4. The highest BCUT2D eigenvalue weighted by molar-refractivity contribution is 5.98. The third-order valence-electron chi connectivity index (χ3n) is 8.14. The van der Waals surface area contributed by atoms with Crippen LogP contribution in [0, 0.1) is 47.1 Å². The molecule has 0 amide bonds. The zero-order chi connectivity index (χ0) is 23.3. The zero-order valence-corrected chi connectivity index (χ0v) is 19.5. The molecule has 4 aliphatic rings. The number of benzene rings is 1. The van der Waals surface area contributed by atoms with Crippen molar-refractivity contribution in [1.82, 2.24) is 9.78 Å². The number of aryl methyl sites for hydroxylation is 1. The fourth-order valence-electron chi connectivity index (χ4n) is 7.05. The molecule has 4 aliphatic carbocycles. The van der Waals surface area contributed by atoms with Crippen molar-refractivity contribution >= 4 is 17.5 Å². The van der Waals surface area contributed by atoms with Crippen LogP contribution < -0.4 is 4.74 Å². The Labute approximate surface area is 194 Å². The van der Waals surface area contributed by atoms with Gasteiger partial charge < -0.3 is 4.74 Å². The average molecular weight is 450 g/mol. The molecule has 0 unspecified atom stereocenters. The Morgan fingerprint density at radius 3 is 2.39 bits per heavy atom. The van der Waals surface area contributed by atoms with Gasteiger partial charge >= 0.3 is 5.69 Å². The molecule has 2 aromatic rings. The molecule has 7 nitrogen and oxygen atoms in total. The standard InChI is InChI=1S/C26H31N3O4/c1-16-25(29(31)32)17(2)28(27-16)15-22-11-18(4-6-23(22)33-3)5-7-24(30)26-12-19-8-20(13-26)10-21(9-19)14-26/h4-7,11,19-21H,8-10,12-15H2,1-3H3. The van der Waals surface area contributed by atoms with Gasteiger partial charge in [-0.05, 0) is 93.9 Å². The molecule has 0 atom stereocenters. The number of ketones is 1. The molecular formula is C26H31N3O4. The predicted octanol–water partition coefficient (Wildman–Crippen LogP) is 5.26. The molecule has 174 valence electrons. The van der Waals surface area contributed by atoms with Gasteiger partial charge in [-0.25, -0.2) is 0 Å². The molecule has 6 rings (SSSR count). The first kappa shape index (κ1) is 21.9. The minimum absolute atomic E-state index is 0.0474. The Kier molecular flexibility index (Phi) is 5.38. The number of rotatable bonds is 7. The summed E-state index contributed by atoms with van der Waals surface area (Å²) in [7, 11) is 1.61. The molecule has 0 N–H and O–H groups in total. The van der Waals surface area contributed by atoms with Crippen molar-refractivity contribution in [2.24, 2.45) is 23.2 Å². The lowest BCUT2D eigenvalue weighted by Gasteiger charge is -2.55. The van der Waals surface area contributed by atoms with Crippen molar-refractivity contribution in [2.75, 3.05) is 7.11 Å². The fraction of sp³-hybridized carbons (Fsp3) is 0.538. The van der Waals surface area contributed by atoms with Gasteiger partial charge in [0.1, 0.15) is 17.1 Å². The van der Waals surface area contributed by atoms with Gasteiger partial charge in [-0.3, -0.25) is 19.6 Å². The van der Waals surface area contributed by atoms with Crippen molar-refractivity contribution in [3.8, 4) is 5.75 Å². The lowest BCUT2D eigenvalue weighted by Crippen LogP contribution is -2.49. The number of carbonyl (C=O) groups excluding carboxylic acids is 1. The number of allylic oxidation sites excluding steroid dienone is 1. The van der Waals surface area contributed by atoms with Gasteiger partial charge in [0.15, 0.2) is 5.78 Å². The van der Waals surface area contributed by atoms with Crippen LogP contribution in [0.4, 0.5) is 5.69 Å². The topological polar surface area (TPSA) is 87.3 Å². The van der Waals surface area contributed by atoms with E-state index in [1.165, 1.54) is 19.3 Å². The SMILES string of the molecule is COc1ccc(C=CC(=O)C23CC4CC(CC(C4)C2)C3)cc1Cn1nc(C)c([N+](=O)[O-])c1C. The minimum Gasteiger partial charge on any atom is -0.496 e. The van der Waals surface area contributed by atoms with Crippen molar-refractivity contribution in [2.45, 2.75) is 58.9 Å². The monoisotopic (exact) mass is 449 g/mol. The average Bonchev–Trinajstić information content (AvgIpc) is 3.04. The first-order valence-corrected chi connectivity index (χ1v) is 11.9. The Bertz CT molecular complexity index is 1110. The van der Waals surface area contributed by atoms with Crippen molar-refractivity contribution < 1.29 is 14.5 Å². The molecule has 1 aromatic carbocycles. The Balaban J connectivity index is 1.38. The Morgan fingerprint density at radius 1 is 1.21 bits per heavy atom. The summed E-state index contributed by atoms with van der Waals surface area (Å²) < 4.78 is 7.16. The predicted molar refractivity (Wildman–Crippen MR) is 125 cm³/mol. The van der Waals surface area contributed by atoms with Crippen LogP contribution in [0.25, 0.3) is 6.08 Å². The number of ether oxygens (including phenoxy) is 1. The lowest BCUT2D eigenvalue weighted by molar-refractivity contribution is -0.386. The molecule has 4 saturated carbocycles. The van der Waals surface area contributed by atoms with Crippen LogP contribution in [0.1, 0.15) is 61.0 Å². The molecular weight excluding hydrogens is 418 g/mol. The summed E-state index contributed by atoms with van der Waals surface area (Å²) in [5.41, 5.74) is 2.60. The van der Waals surface area contributed by atoms with Gasteiger partial charge in [-0.15, -0.1) is 0 Å². The second-order valence-electron chi connectivity index (χ2n) is 10.4. The maximum Gasteiger partial charge on any atom is 0.312 e. The van der Waals surface area contributed by atoms with Crippen LogP contribution in [0.2, 0.25) is 0 Å². The third kappa shape index (κ3) is 3.87. The van der Waals surface area contributed by atoms with E-state index in [0.29, 0.717) is 23.7 Å². The van der Waals surface area contributed by atoms with Crippen LogP contribution in [0.3, 0.4) is 0 Å². The largest absolute Gasteiger partial charge is 0.496 e. The van der Waals surface area contributed by atoms with Gasteiger partial charge in [-0.1, -0.05) is 12.1 Å². The normalized spacial score (nSPS) is 27.9. The van der Waals surface area contributed by atoms with E-state index in [9.17, 15) is 14.9 Å². The summed E-state index contributed by atoms with van der Waals surface area (Å²) in [5.74, 6) is 3.20. The maximum atomic E-state index is 13.3. The van der Waals surface area contributed by atoms with E-state index in [1.807, 2.05) is 24.3 Å². The molecule has 1 aromatic heterocycles. The van der Waals surface area contributed by atoms with E-state index >= 15 is 0 Å². The highest BCUT2D eigenvalue weighted by atomic mass is 16.6. The van der Waals surface area contributed by atoms with Crippen LogP contribution in [-0.4, -0.2) is 27.6 Å². The van der Waals surface area contributed by atoms with E-state index in [2.05, 4.69) is 5.10 Å². The molecule has 4 bridgehead atoms. The summed E-state index contributed by atoms with van der Waals surface area (Å²) in [6.45, 7) is 3.71. The minimum atomic E-state index is -0.388. The number of hydrogen-bond acceptors (Lipinski definition) is 5. The van der Waals surface area contributed by atoms with E-state index < -0.39 is 0 Å². The third-order valence-corrected chi connectivity index (χ3v) is 8.14. The molecule has 0 aliphatic heterocycles. The first-order chi connectivity index (χ1) is 15.8. The van der Waals surface area contributed by atoms with Crippen molar-refractivity contribution in [3.05, 3.63) is 56.9 Å². The molecule has 33 heavy (non-hydrogen) atoms. The van der Waals surface area contributed by atoms with Crippen LogP contribution in [0.5, 0.6) is 5.75 Å². The summed E-state index contributed by atoms with van der Waals surface area (Å²) in [6.07, 6.45) is 10.8. The van der Waals surface area contributed by atoms with Gasteiger partial charge in [0, 0.05) is 11.0 Å². The first-order valence-electron chi connectivity index (χ1n) is 11.9. The highest BCUT2D eigenvalue weighted by Crippen LogP contribution is 2.60. The number of aromatic nitrogens is 2. The highest BCUT2D eigenvalue weighted by Gasteiger charge is 2.53. The molecule has 7 heteroatoms. The van der Waals surface area contributed by atoms with Crippen molar-refractivity contribution in [3.63, 3.8) is 0 Å². The summed E-state index contributed by atoms with van der Waals surface area (Å²) in [4.78, 5) is 24.3. The molecule has 0 spiro atoms. The summed E-state index contributed by atoms with van der Waals surface area (Å²) in [5, 5.41) is 15.7. The van der Waals surface area contributed by atoms with E-state index in [4.69, 9.17) is 4.74 Å². The van der Waals surface area contributed by atoms with Gasteiger partial charge in [-0.2, -0.15) is 5.10 Å². The molecule has 0 radical (unpaired) electrons. The molecule has 4 fully saturated rings. The summed E-state index contributed by atoms with van der Waals surface area (Å²) in [6, 6.07) is 5.80. The molecule has 0 saturated heterocycles. The number of methoxy groups -OCH3 is 1. The van der Waals surface area contributed by atoms with E-state index in [1.54, 1.807) is 31.7 Å². The lowest BCUT2D eigenvalue weighted by atomic mass is 9.48. The van der Waals surface area contributed by atoms with Crippen LogP contribution in [0.15, 0.2) is 24.3 Å². The van der Waals surface area contributed by atoms with Crippen LogP contribution in [-0.2, 0) is 11.3 Å². The fourth-order valence-corrected chi connectivity index (χ4v) is 7.05. The second kappa shape index (κ2) is 8.12. The maximum absolute atomic E-state index is 13.3. The molecule has 1 heterocycles. The quantitative estimate of drug-likeness (QED) is 0.327. The smallest absolute Gasteiger partial charge is 0.312 e. The van der Waals surface area contributed by atoms with E-state index in [0.717, 1.165) is 48.1 Å². The zero-order valence-electron chi connectivity index (χ0n) is 19.5. The Hall–Kier alpha value is -2.96. The van der Waals surface area contributed by atoms with E-state index in [-0.39, 0.29) is 21.8 Å². The van der Waals surface area contributed by atoms with Gasteiger partial charge in [0.25, 0.3) is 0 Å². The Morgan fingerprint density at radius 2 is 1.85 bits per heavy atom. The van der Waals surface area contributed by atoms with Crippen molar-refractivity contribution in [1.29, 1.82) is 0 Å². The van der Waals surface area contributed by atoms with Gasteiger partial charge in [0.05, 0.1) is 18.6 Å². The number of nitrogens with zero attached hydrogens (tertiary/aromatic N) is 3. The number of carbonyl (C=O) groups is 1. The summed E-state index contributed by atoms with van der Waals surface area (Å²) >= 11 is 0. The number of nitro groups is 1. The van der Waals surface area contributed by atoms with Crippen LogP contribution >= 0.6 is 0 Å².